The summed E-state index contributed by atoms with van der Waals surface area (Å²) in [6, 6.07) is 0. The SMILES string of the molecule is CCCCCCCCCCCCCOP(=O)(O)OCCCCC. The molecule has 0 bridgehead atoms. The van der Waals surface area contributed by atoms with E-state index in [4.69, 9.17) is 9.05 Å². The normalized spacial score (nSPS) is 14.0. The molecule has 0 aliphatic heterocycles. The van der Waals surface area contributed by atoms with Crippen LogP contribution in [0.1, 0.15) is 104 Å². The van der Waals surface area contributed by atoms with Gasteiger partial charge >= 0.3 is 7.82 Å². The molecule has 0 saturated carbocycles. The molecule has 140 valence electrons. The summed E-state index contributed by atoms with van der Waals surface area (Å²) in [5.74, 6) is 0. The fourth-order valence-electron chi connectivity index (χ4n) is 2.52. The second-order valence-electron chi connectivity index (χ2n) is 6.38. The van der Waals surface area contributed by atoms with Crippen LogP contribution in [-0.2, 0) is 13.6 Å². The molecule has 23 heavy (non-hydrogen) atoms. The Morgan fingerprint density at radius 3 is 1.35 bits per heavy atom. The molecule has 1 unspecified atom stereocenters. The Morgan fingerprint density at radius 1 is 0.609 bits per heavy atom. The van der Waals surface area contributed by atoms with Crippen molar-refractivity contribution >= 4 is 7.82 Å². The van der Waals surface area contributed by atoms with Crippen LogP contribution in [0.3, 0.4) is 0 Å². The first-order chi connectivity index (χ1) is 11.1. The molecular formula is C18H39O4P. The van der Waals surface area contributed by atoms with Crippen molar-refractivity contribution in [3.8, 4) is 0 Å². The van der Waals surface area contributed by atoms with Crippen molar-refractivity contribution in [3.63, 3.8) is 0 Å². The fraction of sp³-hybridized carbons (Fsp3) is 1.00. The highest BCUT2D eigenvalue weighted by Crippen LogP contribution is 2.43. The largest absolute Gasteiger partial charge is 0.472 e. The lowest BCUT2D eigenvalue weighted by Gasteiger charge is -2.11. The quantitative estimate of drug-likeness (QED) is 0.223. The molecule has 0 spiro atoms. The van der Waals surface area contributed by atoms with Crippen LogP contribution in [0.15, 0.2) is 0 Å². The van der Waals surface area contributed by atoms with E-state index in [1.165, 1.54) is 57.8 Å². The average Bonchev–Trinajstić information content (AvgIpc) is 2.52. The molecule has 1 atom stereocenters. The van der Waals surface area contributed by atoms with Crippen LogP contribution in [0, 0.1) is 0 Å². The van der Waals surface area contributed by atoms with E-state index in [0.29, 0.717) is 13.2 Å². The third-order valence-electron chi connectivity index (χ3n) is 4.00. The summed E-state index contributed by atoms with van der Waals surface area (Å²) in [6.07, 6.45) is 16.7. The molecule has 0 saturated heterocycles. The van der Waals surface area contributed by atoms with Crippen LogP contribution in [0.2, 0.25) is 0 Å². The van der Waals surface area contributed by atoms with E-state index in [0.717, 1.165) is 32.1 Å². The molecule has 0 aromatic carbocycles. The van der Waals surface area contributed by atoms with Crippen molar-refractivity contribution in [1.82, 2.24) is 0 Å². The molecule has 5 heteroatoms. The van der Waals surface area contributed by atoms with Gasteiger partial charge in [-0.25, -0.2) is 4.57 Å². The number of unbranched alkanes of at least 4 members (excludes halogenated alkanes) is 12. The first-order valence-corrected chi connectivity index (χ1v) is 11.2. The monoisotopic (exact) mass is 350 g/mol. The third kappa shape index (κ3) is 18.3. The second kappa shape index (κ2) is 17.0. The summed E-state index contributed by atoms with van der Waals surface area (Å²) in [5.41, 5.74) is 0. The van der Waals surface area contributed by atoms with E-state index in [-0.39, 0.29) is 0 Å². The summed E-state index contributed by atoms with van der Waals surface area (Å²) in [4.78, 5) is 9.49. The predicted molar refractivity (Wildman–Crippen MR) is 97.7 cm³/mol. The maximum absolute atomic E-state index is 11.6. The van der Waals surface area contributed by atoms with Gasteiger partial charge in [0.15, 0.2) is 0 Å². The number of phosphoric ester groups is 1. The molecule has 0 aliphatic rings. The minimum atomic E-state index is -3.81. The van der Waals surface area contributed by atoms with Gasteiger partial charge < -0.3 is 4.89 Å². The smallest absolute Gasteiger partial charge is 0.302 e. The lowest BCUT2D eigenvalue weighted by Crippen LogP contribution is -1.99. The number of phosphoric acid groups is 1. The van der Waals surface area contributed by atoms with Crippen LogP contribution in [0.25, 0.3) is 0 Å². The standard InChI is InChI=1S/C18H39O4P/c1-3-5-7-8-9-10-11-12-13-14-16-18-22-23(19,20)21-17-15-6-4-2/h3-18H2,1-2H3,(H,19,20). The predicted octanol–water partition coefficient (Wildman–Crippen LogP) is 6.62. The second-order valence-corrected chi connectivity index (χ2v) is 7.83. The van der Waals surface area contributed by atoms with Gasteiger partial charge in [-0.1, -0.05) is 90.9 Å². The van der Waals surface area contributed by atoms with Crippen LogP contribution in [0.5, 0.6) is 0 Å². The van der Waals surface area contributed by atoms with Crippen LogP contribution in [0.4, 0.5) is 0 Å². The van der Waals surface area contributed by atoms with Crippen molar-refractivity contribution < 1.29 is 18.5 Å². The van der Waals surface area contributed by atoms with E-state index >= 15 is 0 Å². The van der Waals surface area contributed by atoms with Crippen molar-refractivity contribution in [1.29, 1.82) is 0 Å². The number of hydrogen-bond donors (Lipinski definition) is 1. The van der Waals surface area contributed by atoms with E-state index in [1.807, 2.05) is 0 Å². The highest BCUT2D eigenvalue weighted by Gasteiger charge is 2.19. The summed E-state index contributed by atoms with van der Waals surface area (Å²) in [5, 5.41) is 0. The summed E-state index contributed by atoms with van der Waals surface area (Å²) >= 11 is 0. The molecule has 0 radical (unpaired) electrons. The van der Waals surface area contributed by atoms with E-state index < -0.39 is 7.82 Å². The third-order valence-corrected chi connectivity index (χ3v) is 5.02. The first-order valence-electron chi connectivity index (χ1n) is 9.74. The zero-order valence-electron chi connectivity index (χ0n) is 15.4. The topological polar surface area (TPSA) is 55.8 Å². The molecule has 0 aromatic rings. The van der Waals surface area contributed by atoms with Crippen LogP contribution < -0.4 is 0 Å². The maximum atomic E-state index is 11.6. The van der Waals surface area contributed by atoms with Gasteiger partial charge in [0.1, 0.15) is 0 Å². The highest BCUT2D eigenvalue weighted by atomic mass is 31.2. The fourth-order valence-corrected chi connectivity index (χ4v) is 3.31. The lowest BCUT2D eigenvalue weighted by atomic mass is 10.1. The van der Waals surface area contributed by atoms with Gasteiger partial charge in [-0.05, 0) is 12.8 Å². The van der Waals surface area contributed by atoms with E-state index in [1.54, 1.807) is 0 Å². The van der Waals surface area contributed by atoms with Gasteiger partial charge in [-0.2, -0.15) is 0 Å². The summed E-state index contributed by atoms with van der Waals surface area (Å²) in [7, 11) is -3.81. The Balaban J connectivity index is 3.26. The number of rotatable bonds is 18. The molecule has 0 fully saturated rings. The molecule has 4 nitrogen and oxygen atoms in total. The van der Waals surface area contributed by atoms with Crippen molar-refractivity contribution in [2.45, 2.75) is 104 Å². The molecule has 1 N–H and O–H groups in total. The Morgan fingerprint density at radius 2 is 0.913 bits per heavy atom. The average molecular weight is 350 g/mol. The van der Waals surface area contributed by atoms with Gasteiger partial charge in [0.2, 0.25) is 0 Å². The zero-order chi connectivity index (χ0) is 17.2. The summed E-state index contributed by atoms with van der Waals surface area (Å²) in [6.45, 7) is 4.96. The van der Waals surface area contributed by atoms with E-state index in [9.17, 15) is 9.46 Å². The molecule has 0 amide bonds. The lowest BCUT2D eigenvalue weighted by molar-refractivity contribution is 0.145. The Bertz CT molecular complexity index is 284. The van der Waals surface area contributed by atoms with Gasteiger partial charge in [0.05, 0.1) is 13.2 Å². The van der Waals surface area contributed by atoms with Crippen molar-refractivity contribution in [2.75, 3.05) is 13.2 Å². The van der Waals surface area contributed by atoms with Gasteiger partial charge in [-0.3, -0.25) is 9.05 Å². The van der Waals surface area contributed by atoms with Crippen LogP contribution >= 0.6 is 7.82 Å². The first kappa shape index (κ1) is 23.1. The molecule has 0 rings (SSSR count). The molecule has 0 aliphatic carbocycles. The molecule has 0 aromatic heterocycles. The minimum absolute atomic E-state index is 0.305. The Hall–Kier alpha value is 0.110. The van der Waals surface area contributed by atoms with Gasteiger partial charge in [-0.15, -0.1) is 0 Å². The number of hydrogen-bond acceptors (Lipinski definition) is 3. The van der Waals surface area contributed by atoms with Crippen LogP contribution in [-0.4, -0.2) is 18.1 Å². The highest BCUT2D eigenvalue weighted by molar-refractivity contribution is 7.47. The Labute approximate surface area is 144 Å². The summed E-state index contributed by atoms with van der Waals surface area (Å²) < 4.78 is 21.5. The van der Waals surface area contributed by atoms with Gasteiger partial charge in [0, 0.05) is 0 Å². The van der Waals surface area contributed by atoms with E-state index in [2.05, 4.69) is 13.8 Å². The zero-order valence-corrected chi connectivity index (χ0v) is 16.3. The molecular weight excluding hydrogens is 311 g/mol. The molecule has 0 heterocycles. The minimum Gasteiger partial charge on any atom is -0.302 e. The van der Waals surface area contributed by atoms with Crippen molar-refractivity contribution in [2.24, 2.45) is 0 Å². The van der Waals surface area contributed by atoms with Crippen molar-refractivity contribution in [3.05, 3.63) is 0 Å². The maximum Gasteiger partial charge on any atom is 0.472 e. The Kier molecular flexibility index (Phi) is 17.0. The van der Waals surface area contributed by atoms with Gasteiger partial charge in [0.25, 0.3) is 0 Å².